The van der Waals surface area contributed by atoms with Gasteiger partial charge in [0, 0.05) is 23.1 Å². The summed E-state index contributed by atoms with van der Waals surface area (Å²) in [5, 5.41) is 10.4. The number of aliphatic carboxylic acids is 1. The van der Waals surface area contributed by atoms with Crippen LogP contribution in [0.5, 0.6) is 0 Å². The Kier molecular flexibility index (Phi) is 11.8. The second-order valence-electron chi connectivity index (χ2n) is 8.15. The van der Waals surface area contributed by atoms with Crippen LogP contribution in [0.15, 0.2) is 48.6 Å². The lowest BCUT2D eigenvalue weighted by Gasteiger charge is -2.32. The highest BCUT2D eigenvalue weighted by Crippen LogP contribution is 2.35. The number of rotatable bonds is 16. The zero-order valence-electron chi connectivity index (χ0n) is 18.3. The van der Waals surface area contributed by atoms with Gasteiger partial charge in [0.05, 0.1) is 5.92 Å². The van der Waals surface area contributed by atoms with Gasteiger partial charge in [-0.15, -0.1) is 0 Å². The van der Waals surface area contributed by atoms with Crippen molar-refractivity contribution in [3.05, 3.63) is 59.7 Å². The van der Waals surface area contributed by atoms with E-state index in [4.69, 9.17) is 4.74 Å². The molecule has 1 aromatic rings. The van der Waals surface area contributed by atoms with Crippen LogP contribution in [0, 0.1) is 5.92 Å². The standard InChI is InChI=1S/C26H35BrO4/c27-19-11-7-5-3-1-2-4-6-8-12-20-31-26(17-15-22(16-18-26)25(29)30)24-14-10-9-13-23(24)21-28/h9-10,13-18,21-22H,1-8,11-12,19-20H2,(H,29,30). The number of carboxylic acids is 1. The predicted molar refractivity (Wildman–Crippen MR) is 129 cm³/mol. The molecule has 31 heavy (non-hydrogen) atoms. The van der Waals surface area contributed by atoms with Crippen LogP contribution in [-0.4, -0.2) is 29.3 Å². The Morgan fingerprint density at radius 3 is 2.03 bits per heavy atom. The Hall–Kier alpha value is -1.72. The van der Waals surface area contributed by atoms with Crippen LogP contribution < -0.4 is 0 Å². The Bertz CT molecular complexity index is 727. The van der Waals surface area contributed by atoms with Gasteiger partial charge >= 0.3 is 5.97 Å². The third-order valence-corrected chi connectivity index (χ3v) is 6.33. The van der Waals surface area contributed by atoms with Crippen molar-refractivity contribution in [2.45, 2.75) is 69.8 Å². The first-order valence-corrected chi connectivity index (χ1v) is 12.6. The number of carbonyl (C=O) groups excluding carboxylic acids is 1. The van der Waals surface area contributed by atoms with Crippen molar-refractivity contribution >= 4 is 28.2 Å². The Balaban J connectivity index is 1.80. The van der Waals surface area contributed by atoms with Gasteiger partial charge in [0.15, 0.2) is 0 Å². The highest BCUT2D eigenvalue weighted by Gasteiger charge is 2.33. The summed E-state index contributed by atoms with van der Waals surface area (Å²) < 4.78 is 6.28. The average molecular weight is 491 g/mol. The molecule has 1 aliphatic carbocycles. The lowest BCUT2D eigenvalue weighted by atomic mass is 9.84. The molecule has 0 saturated carbocycles. The first kappa shape index (κ1) is 25.5. The van der Waals surface area contributed by atoms with Crippen molar-refractivity contribution in [1.29, 1.82) is 0 Å². The van der Waals surface area contributed by atoms with E-state index in [1.165, 1.54) is 51.4 Å². The molecule has 0 heterocycles. The van der Waals surface area contributed by atoms with Gasteiger partial charge in [-0.25, -0.2) is 0 Å². The number of unbranched alkanes of at least 4 members (excludes halogenated alkanes) is 9. The van der Waals surface area contributed by atoms with Crippen molar-refractivity contribution in [3.8, 4) is 0 Å². The Labute approximate surface area is 194 Å². The summed E-state index contributed by atoms with van der Waals surface area (Å²) in [7, 11) is 0. The number of hydrogen-bond acceptors (Lipinski definition) is 3. The highest BCUT2D eigenvalue weighted by molar-refractivity contribution is 9.09. The summed E-state index contributed by atoms with van der Waals surface area (Å²) in [6.45, 7) is 0.562. The summed E-state index contributed by atoms with van der Waals surface area (Å²) in [4.78, 5) is 22.9. The molecular weight excluding hydrogens is 456 g/mol. The van der Waals surface area contributed by atoms with Gasteiger partial charge in [0.1, 0.15) is 11.9 Å². The topological polar surface area (TPSA) is 63.6 Å². The number of halogens is 1. The second kappa shape index (κ2) is 14.4. The van der Waals surface area contributed by atoms with Gasteiger partial charge in [-0.05, 0) is 25.0 Å². The molecule has 0 aliphatic heterocycles. The number of aldehydes is 1. The minimum Gasteiger partial charge on any atom is -0.481 e. The molecule has 0 unspecified atom stereocenters. The number of hydrogen-bond donors (Lipinski definition) is 1. The third kappa shape index (κ3) is 8.38. The van der Waals surface area contributed by atoms with Crippen molar-refractivity contribution in [1.82, 2.24) is 0 Å². The fourth-order valence-corrected chi connectivity index (χ4v) is 4.34. The monoisotopic (exact) mass is 490 g/mol. The molecule has 0 aromatic heterocycles. The third-order valence-electron chi connectivity index (χ3n) is 5.77. The summed E-state index contributed by atoms with van der Waals surface area (Å²) in [6.07, 6.45) is 20.1. The molecular formula is C26H35BrO4. The smallest absolute Gasteiger partial charge is 0.314 e. The van der Waals surface area contributed by atoms with E-state index in [1.54, 1.807) is 30.4 Å². The first-order chi connectivity index (χ1) is 15.1. The molecule has 0 saturated heterocycles. The van der Waals surface area contributed by atoms with Crippen molar-refractivity contribution < 1.29 is 19.4 Å². The van der Waals surface area contributed by atoms with Gasteiger partial charge < -0.3 is 9.84 Å². The molecule has 5 heteroatoms. The molecule has 1 N–H and O–H groups in total. The van der Waals surface area contributed by atoms with Gasteiger partial charge in [0.25, 0.3) is 0 Å². The SMILES string of the molecule is O=Cc1ccccc1C1(OCCCCCCCCCCCCBr)C=CC(C(=O)O)C=C1. The van der Waals surface area contributed by atoms with Gasteiger partial charge in [-0.2, -0.15) is 0 Å². The maximum absolute atomic E-state index is 11.6. The molecule has 1 aliphatic rings. The minimum absolute atomic E-state index is 0.557. The molecule has 0 radical (unpaired) electrons. The molecule has 0 bridgehead atoms. The fraction of sp³-hybridized carbons (Fsp3) is 0.538. The first-order valence-electron chi connectivity index (χ1n) is 11.5. The maximum Gasteiger partial charge on any atom is 0.314 e. The maximum atomic E-state index is 11.6. The molecule has 170 valence electrons. The van der Waals surface area contributed by atoms with E-state index in [0.717, 1.165) is 30.0 Å². The lowest BCUT2D eigenvalue weighted by Crippen LogP contribution is -2.30. The van der Waals surface area contributed by atoms with E-state index in [1.807, 2.05) is 18.2 Å². The number of carboxylic acid groups (broad SMARTS) is 1. The fourth-order valence-electron chi connectivity index (χ4n) is 3.94. The zero-order valence-corrected chi connectivity index (χ0v) is 19.9. The summed E-state index contributed by atoms with van der Waals surface area (Å²) in [5.41, 5.74) is 0.418. The molecule has 4 nitrogen and oxygen atoms in total. The van der Waals surface area contributed by atoms with Crippen LogP contribution in [0.3, 0.4) is 0 Å². The summed E-state index contributed by atoms with van der Waals surface area (Å²) in [6, 6.07) is 7.33. The second-order valence-corrected chi connectivity index (χ2v) is 8.95. The van der Waals surface area contributed by atoms with Crippen LogP contribution in [0.25, 0.3) is 0 Å². The van der Waals surface area contributed by atoms with Gasteiger partial charge in [-0.3, -0.25) is 9.59 Å². The molecule has 0 fully saturated rings. The van der Waals surface area contributed by atoms with Crippen LogP contribution in [-0.2, 0) is 15.1 Å². The van der Waals surface area contributed by atoms with Crippen LogP contribution >= 0.6 is 15.9 Å². The van der Waals surface area contributed by atoms with E-state index in [0.29, 0.717) is 12.2 Å². The van der Waals surface area contributed by atoms with Crippen LogP contribution in [0.4, 0.5) is 0 Å². The van der Waals surface area contributed by atoms with Crippen molar-refractivity contribution in [2.24, 2.45) is 5.92 Å². The zero-order chi connectivity index (χ0) is 22.4. The molecule has 0 atom stereocenters. The minimum atomic E-state index is -0.895. The average Bonchev–Trinajstić information content (AvgIpc) is 2.80. The van der Waals surface area contributed by atoms with Gasteiger partial charge in [-0.1, -0.05) is 104 Å². The van der Waals surface area contributed by atoms with Crippen LogP contribution in [0.2, 0.25) is 0 Å². The van der Waals surface area contributed by atoms with E-state index in [9.17, 15) is 14.7 Å². The van der Waals surface area contributed by atoms with E-state index < -0.39 is 17.5 Å². The highest BCUT2D eigenvalue weighted by atomic mass is 79.9. The number of ether oxygens (including phenoxy) is 1. The van der Waals surface area contributed by atoms with E-state index in [2.05, 4.69) is 15.9 Å². The molecule has 2 rings (SSSR count). The number of alkyl halides is 1. The predicted octanol–water partition coefficient (Wildman–Crippen LogP) is 6.83. The van der Waals surface area contributed by atoms with E-state index >= 15 is 0 Å². The Morgan fingerprint density at radius 2 is 1.48 bits per heavy atom. The Morgan fingerprint density at radius 1 is 0.935 bits per heavy atom. The van der Waals surface area contributed by atoms with Crippen molar-refractivity contribution in [2.75, 3.05) is 11.9 Å². The molecule has 0 spiro atoms. The summed E-state index contributed by atoms with van der Waals surface area (Å²) in [5.74, 6) is -1.56. The van der Waals surface area contributed by atoms with E-state index in [-0.39, 0.29) is 0 Å². The summed E-state index contributed by atoms with van der Waals surface area (Å²) >= 11 is 3.47. The number of benzene rings is 1. The lowest BCUT2D eigenvalue weighted by molar-refractivity contribution is -0.138. The number of carbonyl (C=O) groups is 2. The normalized spacial score (nSPS) is 20.1. The van der Waals surface area contributed by atoms with Crippen LogP contribution in [0.1, 0.15) is 80.1 Å². The van der Waals surface area contributed by atoms with Crippen molar-refractivity contribution in [3.63, 3.8) is 0 Å². The molecule has 1 aromatic carbocycles. The quantitative estimate of drug-likeness (QED) is 0.119. The largest absolute Gasteiger partial charge is 0.481 e. The molecule has 0 amide bonds. The van der Waals surface area contributed by atoms with Gasteiger partial charge in [0.2, 0.25) is 0 Å².